The maximum absolute atomic E-state index is 11.7. The Morgan fingerprint density at radius 3 is 2.53 bits per heavy atom. The lowest BCUT2D eigenvalue weighted by molar-refractivity contribution is 0.102. The molecular formula is C10H7Cl2N3O2. The van der Waals surface area contributed by atoms with Gasteiger partial charge in [-0.05, 0) is 12.1 Å². The summed E-state index contributed by atoms with van der Waals surface area (Å²) in [5, 5.41) is 18.3. The molecule has 5 nitrogen and oxygen atoms in total. The molecule has 0 spiro atoms. The van der Waals surface area contributed by atoms with Crippen LogP contribution in [0.3, 0.4) is 0 Å². The molecule has 1 amide bonds. The van der Waals surface area contributed by atoms with Crippen LogP contribution in [-0.4, -0.2) is 21.2 Å². The van der Waals surface area contributed by atoms with Crippen LogP contribution in [0.15, 0.2) is 24.5 Å². The molecule has 0 aliphatic carbocycles. The number of hydrogen-bond acceptors (Lipinski definition) is 3. The average molecular weight is 272 g/mol. The molecule has 3 N–H and O–H groups in total. The maximum Gasteiger partial charge on any atom is 0.258 e. The summed E-state index contributed by atoms with van der Waals surface area (Å²) >= 11 is 11.4. The van der Waals surface area contributed by atoms with E-state index in [1.165, 1.54) is 24.5 Å². The van der Waals surface area contributed by atoms with Crippen molar-refractivity contribution in [1.29, 1.82) is 0 Å². The molecule has 0 unspecified atom stereocenters. The second kappa shape index (κ2) is 4.65. The molecule has 88 valence electrons. The number of halogens is 2. The number of hydrogen-bond donors (Lipinski definition) is 3. The molecule has 2 aromatic rings. The first kappa shape index (κ1) is 11.8. The van der Waals surface area contributed by atoms with Gasteiger partial charge in [0.15, 0.2) is 5.75 Å². The number of rotatable bonds is 2. The Hall–Kier alpha value is -1.72. The molecule has 0 atom stereocenters. The average Bonchev–Trinajstić information content (AvgIpc) is 2.79. The van der Waals surface area contributed by atoms with E-state index in [9.17, 15) is 9.90 Å². The highest BCUT2D eigenvalue weighted by atomic mass is 35.5. The molecule has 0 fully saturated rings. The normalized spacial score (nSPS) is 10.2. The van der Waals surface area contributed by atoms with Crippen molar-refractivity contribution in [2.75, 3.05) is 5.32 Å². The van der Waals surface area contributed by atoms with E-state index >= 15 is 0 Å². The fourth-order valence-corrected chi connectivity index (χ4v) is 1.70. The standard InChI is InChI=1S/C10H7Cl2N3O2/c11-7-1-6(2-8(12)9(7)16)15-10(17)5-3-13-14-4-5/h1-4,16H,(H,13,14)(H,15,17). The smallest absolute Gasteiger partial charge is 0.258 e. The fourth-order valence-electron chi connectivity index (χ4n) is 1.22. The summed E-state index contributed by atoms with van der Waals surface area (Å²) in [7, 11) is 0. The first-order chi connectivity index (χ1) is 8.08. The van der Waals surface area contributed by atoms with Gasteiger partial charge in [-0.3, -0.25) is 9.89 Å². The van der Waals surface area contributed by atoms with E-state index < -0.39 is 0 Å². The van der Waals surface area contributed by atoms with Crippen LogP contribution in [0.4, 0.5) is 5.69 Å². The molecule has 0 aliphatic heterocycles. The Balaban J connectivity index is 2.22. The zero-order valence-corrected chi connectivity index (χ0v) is 9.88. The molecular weight excluding hydrogens is 265 g/mol. The van der Waals surface area contributed by atoms with Crippen molar-refractivity contribution in [1.82, 2.24) is 10.2 Å². The Kier molecular flexibility index (Phi) is 3.21. The molecule has 0 saturated carbocycles. The van der Waals surface area contributed by atoms with Gasteiger partial charge in [-0.15, -0.1) is 0 Å². The van der Waals surface area contributed by atoms with Gasteiger partial charge in [0.2, 0.25) is 0 Å². The van der Waals surface area contributed by atoms with Crippen LogP contribution in [0.2, 0.25) is 10.0 Å². The first-order valence-electron chi connectivity index (χ1n) is 4.56. The number of aromatic hydroxyl groups is 1. The number of phenolic OH excluding ortho intramolecular Hbond substituents is 1. The zero-order chi connectivity index (χ0) is 12.4. The van der Waals surface area contributed by atoms with Crippen LogP contribution < -0.4 is 5.32 Å². The third kappa shape index (κ3) is 2.51. The van der Waals surface area contributed by atoms with Crippen LogP contribution in [0.1, 0.15) is 10.4 Å². The maximum atomic E-state index is 11.7. The van der Waals surface area contributed by atoms with Gasteiger partial charge in [0.1, 0.15) is 0 Å². The van der Waals surface area contributed by atoms with E-state index in [0.29, 0.717) is 11.3 Å². The summed E-state index contributed by atoms with van der Waals surface area (Å²) in [6.07, 6.45) is 2.85. The Labute approximate surface area is 106 Å². The second-order valence-electron chi connectivity index (χ2n) is 3.23. The zero-order valence-electron chi connectivity index (χ0n) is 8.37. The van der Waals surface area contributed by atoms with Crippen molar-refractivity contribution in [2.24, 2.45) is 0 Å². The number of carbonyl (C=O) groups excluding carboxylic acids is 1. The first-order valence-corrected chi connectivity index (χ1v) is 5.31. The summed E-state index contributed by atoms with van der Waals surface area (Å²) in [5.41, 5.74) is 0.773. The number of aromatic amines is 1. The van der Waals surface area contributed by atoms with E-state index in [4.69, 9.17) is 23.2 Å². The van der Waals surface area contributed by atoms with Gasteiger partial charge in [-0.1, -0.05) is 23.2 Å². The van der Waals surface area contributed by atoms with Gasteiger partial charge in [0, 0.05) is 11.9 Å². The number of amides is 1. The number of phenols is 1. The van der Waals surface area contributed by atoms with Gasteiger partial charge in [0.25, 0.3) is 5.91 Å². The van der Waals surface area contributed by atoms with Crippen LogP contribution in [0.25, 0.3) is 0 Å². The molecule has 17 heavy (non-hydrogen) atoms. The van der Waals surface area contributed by atoms with Crippen molar-refractivity contribution in [3.05, 3.63) is 40.1 Å². The topological polar surface area (TPSA) is 78.0 Å². The quantitative estimate of drug-likeness (QED) is 0.735. The van der Waals surface area contributed by atoms with E-state index in [-0.39, 0.29) is 21.7 Å². The summed E-state index contributed by atoms with van der Waals surface area (Å²) in [6.45, 7) is 0. The Morgan fingerprint density at radius 2 is 2.00 bits per heavy atom. The largest absolute Gasteiger partial charge is 0.505 e. The monoisotopic (exact) mass is 271 g/mol. The third-order valence-corrected chi connectivity index (χ3v) is 2.61. The number of benzene rings is 1. The Morgan fingerprint density at radius 1 is 1.35 bits per heavy atom. The molecule has 7 heteroatoms. The second-order valence-corrected chi connectivity index (χ2v) is 4.04. The van der Waals surface area contributed by atoms with Crippen LogP contribution >= 0.6 is 23.2 Å². The Bertz CT molecular complexity index is 532. The highest BCUT2D eigenvalue weighted by Gasteiger charge is 2.10. The highest BCUT2D eigenvalue weighted by molar-refractivity contribution is 6.37. The van der Waals surface area contributed by atoms with E-state index in [2.05, 4.69) is 15.5 Å². The van der Waals surface area contributed by atoms with Crippen LogP contribution in [-0.2, 0) is 0 Å². The van der Waals surface area contributed by atoms with Gasteiger partial charge in [-0.2, -0.15) is 5.10 Å². The van der Waals surface area contributed by atoms with Crippen LogP contribution in [0, 0.1) is 0 Å². The van der Waals surface area contributed by atoms with E-state index in [1.807, 2.05) is 0 Å². The molecule has 1 aromatic carbocycles. The van der Waals surface area contributed by atoms with Gasteiger partial charge in [-0.25, -0.2) is 0 Å². The molecule has 0 bridgehead atoms. The highest BCUT2D eigenvalue weighted by Crippen LogP contribution is 2.34. The number of anilines is 1. The summed E-state index contributed by atoms with van der Waals surface area (Å²) < 4.78 is 0. The summed E-state index contributed by atoms with van der Waals surface area (Å²) in [6, 6.07) is 2.81. The van der Waals surface area contributed by atoms with Crippen molar-refractivity contribution in [3.8, 4) is 5.75 Å². The molecule has 2 rings (SSSR count). The minimum Gasteiger partial charge on any atom is -0.505 e. The molecule has 0 saturated heterocycles. The van der Waals surface area contributed by atoms with Crippen molar-refractivity contribution >= 4 is 34.8 Å². The van der Waals surface area contributed by atoms with Gasteiger partial charge < -0.3 is 10.4 Å². The van der Waals surface area contributed by atoms with E-state index in [0.717, 1.165) is 0 Å². The lowest BCUT2D eigenvalue weighted by Gasteiger charge is -2.06. The number of aromatic nitrogens is 2. The molecule has 0 aliphatic rings. The number of H-pyrrole nitrogens is 1. The minimum atomic E-state index is -0.350. The molecule has 0 radical (unpaired) electrons. The summed E-state index contributed by atoms with van der Waals surface area (Å²) in [4.78, 5) is 11.7. The number of nitrogens with zero attached hydrogens (tertiary/aromatic N) is 1. The van der Waals surface area contributed by atoms with Crippen LogP contribution in [0.5, 0.6) is 5.75 Å². The fraction of sp³-hybridized carbons (Fsp3) is 0. The van der Waals surface area contributed by atoms with Gasteiger partial charge in [0.05, 0.1) is 21.8 Å². The molecule has 1 heterocycles. The van der Waals surface area contributed by atoms with Crippen molar-refractivity contribution < 1.29 is 9.90 Å². The number of carbonyl (C=O) groups is 1. The predicted molar refractivity (Wildman–Crippen MR) is 64.7 cm³/mol. The van der Waals surface area contributed by atoms with Crippen molar-refractivity contribution in [3.63, 3.8) is 0 Å². The molecule has 1 aromatic heterocycles. The lowest BCUT2D eigenvalue weighted by Crippen LogP contribution is -2.10. The summed E-state index contributed by atoms with van der Waals surface area (Å²) in [5.74, 6) is -0.564. The SMILES string of the molecule is O=C(Nc1cc(Cl)c(O)c(Cl)c1)c1cn[nH]c1. The third-order valence-electron chi connectivity index (χ3n) is 2.04. The van der Waals surface area contributed by atoms with Crippen molar-refractivity contribution in [2.45, 2.75) is 0 Å². The van der Waals surface area contributed by atoms with E-state index in [1.54, 1.807) is 0 Å². The number of nitrogens with one attached hydrogen (secondary N) is 2. The van der Waals surface area contributed by atoms with Gasteiger partial charge >= 0.3 is 0 Å². The lowest BCUT2D eigenvalue weighted by atomic mass is 10.2. The predicted octanol–water partition coefficient (Wildman–Crippen LogP) is 2.67. The minimum absolute atomic E-state index is 0.0694.